The molecule has 25 heavy (non-hydrogen) atoms. The molecule has 0 saturated heterocycles. The molecule has 0 radical (unpaired) electrons. The van der Waals surface area contributed by atoms with Gasteiger partial charge in [0.15, 0.2) is 5.58 Å². The molecule has 3 rings (SSSR count). The minimum absolute atomic E-state index is 0.00837. The molecule has 0 bridgehead atoms. The highest BCUT2D eigenvalue weighted by atomic mass is 32.2. The van der Waals surface area contributed by atoms with Gasteiger partial charge in [-0.3, -0.25) is 4.57 Å². The molecule has 2 aromatic carbocycles. The van der Waals surface area contributed by atoms with Crippen molar-refractivity contribution in [2.75, 3.05) is 0 Å². The van der Waals surface area contributed by atoms with Gasteiger partial charge in [0.2, 0.25) is 10.0 Å². The van der Waals surface area contributed by atoms with Gasteiger partial charge in [0.25, 0.3) is 0 Å². The predicted molar refractivity (Wildman–Crippen MR) is 91.3 cm³/mol. The maximum atomic E-state index is 13.0. The highest BCUT2D eigenvalue weighted by Gasteiger charge is 2.20. The van der Waals surface area contributed by atoms with Crippen LogP contribution in [0.15, 0.2) is 56.6 Å². The second-order valence-electron chi connectivity index (χ2n) is 5.64. The van der Waals surface area contributed by atoms with Crippen LogP contribution in [-0.4, -0.2) is 13.0 Å². The van der Waals surface area contributed by atoms with Crippen molar-refractivity contribution in [2.45, 2.75) is 31.3 Å². The van der Waals surface area contributed by atoms with Gasteiger partial charge in [-0.1, -0.05) is 12.1 Å². The number of aromatic nitrogens is 1. The van der Waals surface area contributed by atoms with Crippen molar-refractivity contribution in [1.29, 1.82) is 0 Å². The molecule has 0 saturated carbocycles. The lowest BCUT2D eigenvalue weighted by Gasteiger charge is -2.14. The van der Waals surface area contributed by atoms with Gasteiger partial charge in [0.05, 0.1) is 10.4 Å². The van der Waals surface area contributed by atoms with E-state index in [2.05, 4.69) is 4.72 Å². The predicted octanol–water partition coefficient (Wildman–Crippen LogP) is 2.79. The van der Waals surface area contributed by atoms with E-state index in [1.54, 1.807) is 19.9 Å². The summed E-state index contributed by atoms with van der Waals surface area (Å²) in [5.74, 6) is -0.917. The summed E-state index contributed by atoms with van der Waals surface area (Å²) in [5.41, 5.74) is 1.39. The van der Waals surface area contributed by atoms with Crippen molar-refractivity contribution in [2.24, 2.45) is 0 Å². The van der Waals surface area contributed by atoms with E-state index in [9.17, 15) is 17.6 Å². The molecular weight excluding hydrogens is 347 g/mol. The van der Waals surface area contributed by atoms with Gasteiger partial charge >= 0.3 is 5.76 Å². The molecule has 132 valence electrons. The molecule has 0 aliphatic carbocycles. The van der Waals surface area contributed by atoms with Gasteiger partial charge in [0, 0.05) is 18.7 Å². The quantitative estimate of drug-likeness (QED) is 0.755. The molecular formula is C17H17FN2O4S. The standard InChI is InChI=1S/C17H17FN2O4S/c1-3-20-15-9-8-14(10-16(15)24-17(20)21)25(22,23)19-11(2)12-4-6-13(18)7-5-12/h4-11,19H,3H2,1-2H3. The number of nitrogens with zero attached hydrogens (tertiary/aromatic N) is 1. The van der Waals surface area contributed by atoms with Crippen LogP contribution >= 0.6 is 0 Å². The SMILES string of the molecule is CCn1c(=O)oc2cc(S(=O)(=O)NC(C)c3ccc(F)cc3)ccc21. The van der Waals surface area contributed by atoms with Crippen LogP contribution in [0, 0.1) is 5.82 Å². The first-order valence-corrected chi connectivity index (χ1v) is 9.21. The number of oxazole rings is 1. The summed E-state index contributed by atoms with van der Waals surface area (Å²) in [7, 11) is -3.83. The van der Waals surface area contributed by atoms with Crippen molar-refractivity contribution in [1.82, 2.24) is 9.29 Å². The lowest BCUT2D eigenvalue weighted by atomic mass is 10.1. The zero-order chi connectivity index (χ0) is 18.2. The molecule has 0 fully saturated rings. The molecule has 1 unspecified atom stereocenters. The average Bonchev–Trinajstić information content (AvgIpc) is 2.89. The third-order valence-electron chi connectivity index (χ3n) is 3.97. The third kappa shape index (κ3) is 3.35. The largest absolute Gasteiger partial charge is 0.419 e. The van der Waals surface area contributed by atoms with E-state index in [1.807, 2.05) is 0 Å². The van der Waals surface area contributed by atoms with Gasteiger partial charge in [-0.05, 0) is 43.7 Å². The minimum atomic E-state index is -3.83. The molecule has 0 spiro atoms. The molecule has 0 aliphatic rings. The summed E-state index contributed by atoms with van der Waals surface area (Å²) >= 11 is 0. The van der Waals surface area contributed by atoms with Gasteiger partial charge < -0.3 is 4.42 Å². The van der Waals surface area contributed by atoms with E-state index in [0.29, 0.717) is 17.6 Å². The van der Waals surface area contributed by atoms with Crippen LogP contribution in [0.5, 0.6) is 0 Å². The number of sulfonamides is 1. The van der Waals surface area contributed by atoms with E-state index < -0.39 is 21.8 Å². The van der Waals surface area contributed by atoms with E-state index in [4.69, 9.17) is 4.42 Å². The van der Waals surface area contributed by atoms with E-state index >= 15 is 0 Å². The Labute approximate surface area is 143 Å². The average molecular weight is 364 g/mol. The topological polar surface area (TPSA) is 81.3 Å². The summed E-state index contributed by atoms with van der Waals surface area (Å²) in [4.78, 5) is 11.7. The van der Waals surface area contributed by atoms with Crippen molar-refractivity contribution < 1.29 is 17.2 Å². The first-order valence-electron chi connectivity index (χ1n) is 7.73. The first kappa shape index (κ1) is 17.4. The molecule has 1 heterocycles. The second kappa shape index (κ2) is 6.45. The second-order valence-corrected chi connectivity index (χ2v) is 7.35. The number of fused-ring (bicyclic) bond motifs is 1. The number of hydrogen-bond donors (Lipinski definition) is 1. The molecule has 8 heteroatoms. The van der Waals surface area contributed by atoms with Crippen LogP contribution in [0.25, 0.3) is 11.1 Å². The zero-order valence-corrected chi connectivity index (χ0v) is 14.5. The summed E-state index contributed by atoms with van der Waals surface area (Å²) in [6.45, 7) is 3.89. The maximum Gasteiger partial charge on any atom is 0.419 e. The Bertz CT molecular complexity index is 1070. The fourth-order valence-electron chi connectivity index (χ4n) is 2.63. The van der Waals surface area contributed by atoms with Gasteiger partial charge in [-0.25, -0.2) is 22.3 Å². The number of nitrogens with one attached hydrogen (secondary N) is 1. The van der Waals surface area contributed by atoms with Crippen molar-refractivity contribution in [3.63, 3.8) is 0 Å². The highest BCUT2D eigenvalue weighted by molar-refractivity contribution is 7.89. The number of hydrogen-bond acceptors (Lipinski definition) is 4. The molecule has 3 aromatic rings. The molecule has 0 aliphatic heterocycles. The van der Waals surface area contributed by atoms with Crippen LogP contribution in [0.2, 0.25) is 0 Å². The van der Waals surface area contributed by atoms with Crippen LogP contribution in [0.1, 0.15) is 25.5 Å². The Morgan fingerprint density at radius 1 is 1.20 bits per heavy atom. The third-order valence-corrected chi connectivity index (χ3v) is 5.51. The smallest absolute Gasteiger partial charge is 0.408 e. The Kier molecular flexibility index (Phi) is 4.49. The van der Waals surface area contributed by atoms with Crippen molar-refractivity contribution >= 4 is 21.1 Å². The lowest BCUT2D eigenvalue weighted by molar-refractivity contribution is 0.512. The Morgan fingerprint density at radius 3 is 2.52 bits per heavy atom. The Hall–Kier alpha value is -2.45. The molecule has 6 nitrogen and oxygen atoms in total. The number of aryl methyl sites for hydroxylation is 1. The normalized spacial score (nSPS) is 13.2. The number of halogens is 1. The summed E-state index contributed by atoms with van der Waals surface area (Å²) in [6.07, 6.45) is 0. The summed E-state index contributed by atoms with van der Waals surface area (Å²) in [5, 5.41) is 0. The maximum absolute atomic E-state index is 13.0. The molecule has 1 aromatic heterocycles. The Morgan fingerprint density at radius 2 is 1.88 bits per heavy atom. The van der Waals surface area contributed by atoms with Gasteiger partial charge in [-0.2, -0.15) is 0 Å². The Balaban J connectivity index is 1.92. The van der Waals surface area contributed by atoms with Crippen LogP contribution in [0.4, 0.5) is 4.39 Å². The highest BCUT2D eigenvalue weighted by Crippen LogP contribution is 2.21. The van der Waals surface area contributed by atoms with Crippen LogP contribution in [0.3, 0.4) is 0 Å². The van der Waals surface area contributed by atoms with Crippen molar-refractivity contribution in [3.8, 4) is 0 Å². The fourth-order valence-corrected chi connectivity index (χ4v) is 3.88. The van der Waals surface area contributed by atoms with E-state index in [1.165, 1.54) is 41.0 Å². The van der Waals surface area contributed by atoms with Gasteiger partial charge in [-0.15, -0.1) is 0 Å². The zero-order valence-electron chi connectivity index (χ0n) is 13.7. The van der Waals surface area contributed by atoms with Crippen LogP contribution in [-0.2, 0) is 16.6 Å². The van der Waals surface area contributed by atoms with Crippen LogP contribution < -0.4 is 10.5 Å². The first-order chi connectivity index (χ1) is 11.8. The fraction of sp³-hybridized carbons (Fsp3) is 0.235. The summed E-state index contributed by atoms with van der Waals surface area (Å²) in [6, 6.07) is 9.32. The molecule has 0 amide bonds. The monoisotopic (exact) mass is 364 g/mol. The molecule has 1 N–H and O–H groups in total. The van der Waals surface area contributed by atoms with E-state index in [0.717, 1.165) is 0 Å². The minimum Gasteiger partial charge on any atom is -0.408 e. The molecule has 1 atom stereocenters. The van der Waals surface area contributed by atoms with E-state index in [-0.39, 0.29) is 16.3 Å². The van der Waals surface area contributed by atoms with Crippen molar-refractivity contribution in [3.05, 3.63) is 64.4 Å². The number of rotatable bonds is 5. The lowest BCUT2D eigenvalue weighted by Crippen LogP contribution is -2.26. The number of benzene rings is 2. The summed E-state index contributed by atoms with van der Waals surface area (Å²) < 4.78 is 47.2. The van der Waals surface area contributed by atoms with Gasteiger partial charge in [0.1, 0.15) is 5.82 Å².